The molecule has 2 unspecified atom stereocenters. The third-order valence-corrected chi connectivity index (χ3v) is 3.13. The van der Waals surface area contributed by atoms with Crippen LogP contribution in [0, 0.1) is 6.08 Å². The molecule has 0 saturated carbocycles. The van der Waals surface area contributed by atoms with Gasteiger partial charge in [-0.05, 0) is 6.42 Å². The Hall–Kier alpha value is -1.80. The molecule has 2 aromatic heterocycles. The first-order chi connectivity index (χ1) is 8.70. The molecule has 3 rings (SSSR count). The molecule has 0 spiro atoms. The molecule has 3 heterocycles. The number of halogens is 1. The van der Waals surface area contributed by atoms with Gasteiger partial charge in [0.25, 0.3) is 0 Å². The molecule has 0 bridgehead atoms. The number of hydrogen-bond acceptors (Lipinski definition) is 6. The molecule has 18 heavy (non-hydrogen) atoms. The van der Waals surface area contributed by atoms with E-state index < -0.39 is 6.08 Å². The Bertz CT molecular complexity index is 587. The van der Waals surface area contributed by atoms with Gasteiger partial charge in [0.15, 0.2) is 11.5 Å². The summed E-state index contributed by atoms with van der Waals surface area (Å²) in [6.07, 6.45) is 1.02. The van der Waals surface area contributed by atoms with E-state index in [-0.39, 0.29) is 24.6 Å². The van der Waals surface area contributed by atoms with Gasteiger partial charge in [0.2, 0.25) is 0 Å². The second-order valence-corrected chi connectivity index (χ2v) is 4.15. The van der Waals surface area contributed by atoms with Crippen molar-refractivity contribution in [3.05, 3.63) is 12.4 Å². The van der Waals surface area contributed by atoms with Crippen LogP contribution in [0.3, 0.4) is 0 Å². The zero-order valence-corrected chi connectivity index (χ0v) is 9.45. The highest BCUT2D eigenvalue weighted by atomic mass is 19.1. The first kappa shape index (κ1) is 11.3. The van der Waals surface area contributed by atoms with E-state index in [1.54, 1.807) is 4.57 Å². The fourth-order valence-electron chi connectivity index (χ4n) is 2.28. The Morgan fingerprint density at radius 1 is 1.56 bits per heavy atom. The minimum absolute atomic E-state index is 0.00992. The van der Waals surface area contributed by atoms with Crippen LogP contribution in [0.25, 0.3) is 11.2 Å². The highest BCUT2D eigenvalue weighted by molar-refractivity contribution is 5.81. The fraction of sp³-hybridized carbons (Fsp3) is 0.500. The van der Waals surface area contributed by atoms with Gasteiger partial charge in [0.05, 0.1) is 19.0 Å². The fourth-order valence-corrected chi connectivity index (χ4v) is 2.28. The van der Waals surface area contributed by atoms with Crippen molar-refractivity contribution >= 4 is 17.0 Å². The van der Waals surface area contributed by atoms with Crippen molar-refractivity contribution in [2.24, 2.45) is 0 Å². The molecular formula is C10H12FN5O2. The van der Waals surface area contributed by atoms with E-state index in [0.29, 0.717) is 24.2 Å². The lowest BCUT2D eigenvalue weighted by Crippen LogP contribution is -2.23. The summed E-state index contributed by atoms with van der Waals surface area (Å²) in [6, 6.07) is -0.117. The molecule has 0 radical (unpaired) electrons. The van der Waals surface area contributed by atoms with Crippen LogP contribution in [0.4, 0.5) is 10.2 Å². The van der Waals surface area contributed by atoms with Crippen LogP contribution < -0.4 is 5.73 Å². The Labute approximate surface area is 101 Å². The van der Waals surface area contributed by atoms with Crippen LogP contribution in [0.1, 0.15) is 12.5 Å². The number of rotatable bonds is 2. The molecule has 1 aliphatic heterocycles. The zero-order valence-electron chi connectivity index (χ0n) is 9.45. The first-order valence-electron chi connectivity index (χ1n) is 5.58. The molecule has 0 aliphatic carbocycles. The van der Waals surface area contributed by atoms with E-state index in [1.165, 1.54) is 6.33 Å². The topological polar surface area (TPSA) is 99.1 Å². The third-order valence-electron chi connectivity index (χ3n) is 3.13. The average Bonchev–Trinajstić information content (AvgIpc) is 2.93. The van der Waals surface area contributed by atoms with E-state index in [4.69, 9.17) is 10.5 Å². The van der Waals surface area contributed by atoms with Gasteiger partial charge < -0.3 is 20.1 Å². The lowest BCUT2D eigenvalue weighted by atomic mass is 10.1. The SMILES string of the molecule is Nc1nc(F)nc2c1ncn2C1CCOC1CO. The third kappa shape index (κ3) is 1.61. The van der Waals surface area contributed by atoms with E-state index in [0.717, 1.165) is 0 Å². The average molecular weight is 253 g/mol. The minimum atomic E-state index is -0.888. The van der Waals surface area contributed by atoms with Crippen LogP contribution in [-0.4, -0.2) is 43.9 Å². The predicted octanol–water partition coefficient (Wildman–Crippen LogP) is -0.130. The lowest BCUT2D eigenvalue weighted by Gasteiger charge is -2.17. The minimum Gasteiger partial charge on any atom is -0.394 e. The van der Waals surface area contributed by atoms with E-state index in [1.807, 2.05) is 0 Å². The Morgan fingerprint density at radius 2 is 2.39 bits per heavy atom. The molecule has 7 nitrogen and oxygen atoms in total. The quantitative estimate of drug-likeness (QED) is 0.723. The van der Waals surface area contributed by atoms with Crippen molar-refractivity contribution in [2.45, 2.75) is 18.6 Å². The number of ether oxygens (including phenoxy) is 1. The van der Waals surface area contributed by atoms with Gasteiger partial charge >= 0.3 is 6.08 Å². The molecule has 1 aliphatic rings. The molecule has 96 valence electrons. The highest BCUT2D eigenvalue weighted by Gasteiger charge is 2.30. The number of aliphatic hydroxyl groups excluding tert-OH is 1. The number of anilines is 1. The summed E-state index contributed by atoms with van der Waals surface area (Å²) in [5.41, 5.74) is 6.28. The number of nitrogens with zero attached hydrogens (tertiary/aromatic N) is 4. The maximum atomic E-state index is 13.2. The Kier molecular flexibility index (Phi) is 2.60. The second-order valence-electron chi connectivity index (χ2n) is 4.15. The molecule has 3 N–H and O–H groups in total. The molecule has 2 aromatic rings. The van der Waals surface area contributed by atoms with Gasteiger partial charge in [-0.3, -0.25) is 0 Å². The number of aromatic nitrogens is 4. The summed E-state index contributed by atoms with van der Waals surface area (Å²) < 4.78 is 20.3. The number of aliphatic hydroxyl groups is 1. The van der Waals surface area contributed by atoms with E-state index in [9.17, 15) is 9.50 Å². The first-order valence-corrected chi connectivity index (χ1v) is 5.58. The van der Waals surface area contributed by atoms with E-state index >= 15 is 0 Å². The van der Waals surface area contributed by atoms with Crippen molar-refractivity contribution in [2.75, 3.05) is 18.9 Å². The largest absolute Gasteiger partial charge is 0.394 e. The maximum Gasteiger partial charge on any atom is 0.312 e. The molecule has 0 amide bonds. The number of imidazole rings is 1. The number of hydrogen-bond donors (Lipinski definition) is 2. The van der Waals surface area contributed by atoms with Gasteiger partial charge in [-0.2, -0.15) is 14.4 Å². The summed E-state index contributed by atoms with van der Waals surface area (Å²) in [6.45, 7) is 0.437. The van der Waals surface area contributed by atoms with Crippen LogP contribution in [0.2, 0.25) is 0 Å². The van der Waals surface area contributed by atoms with Crippen molar-refractivity contribution in [3.8, 4) is 0 Å². The lowest BCUT2D eigenvalue weighted by molar-refractivity contribution is 0.0426. The zero-order chi connectivity index (χ0) is 12.7. The normalized spacial score (nSPS) is 23.9. The van der Waals surface area contributed by atoms with E-state index in [2.05, 4.69) is 15.0 Å². The Balaban J connectivity index is 2.12. The monoisotopic (exact) mass is 253 g/mol. The number of fused-ring (bicyclic) bond motifs is 1. The van der Waals surface area contributed by atoms with Crippen LogP contribution in [0.5, 0.6) is 0 Å². The Morgan fingerprint density at radius 3 is 3.17 bits per heavy atom. The van der Waals surface area contributed by atoms with Crippen molar-refractivity contribution < 1.29 is 14.2 Å². The van der Waals surface area contributed by atoms with Crippen molar-refractivity contribution in [1.29, 1.82) is 0 Å². The van der Waals surface area contributed by atoms with Gasteiger partial charge in [-0.1, -0.05) is 0 Å². The summed E-state index contributed by atoms with van der Waals surface area (Å²) in [5.74, 6) is 0.00992. The van der Waals surface area contributed by atoms with Crippen molar-refractivity contribution in [3.63, 3.8) is 0 Å². The number of nitrogen functional groups attached to an aromatic ring is 1. The highest BCUT2D eigenvalue weighted by Crippen LogP contribution is 2.29. The summed E-state index contributed by atoms with van der Waals surface area (Å²) >= 11 is 0. The standard InChI is InChI=1S/C10H12FN5O2/c11-10-14-8(12)7-9(15-10)16(4-13-7)5-1-2-18-6(5)3-17/h4-6,17H,1-3H2,(H2,12,14,15). The molecule has 2 atom stereocenters. The molecule has 1 fully saturated rings. The van der Waals surface area contributed by atoms with Crippen LogP contribution >= 0.6 is 0 Å². The summed E-state index contributed by atoms with van der Waals surface area (Å²) in [4.78, 5) is 11.2. The smallest absolute Gasteiger partial charge is 0.312 e. The van der Waals surface area contributed by atoms with Crippen LogP contribution in [-0.2, 0) is 4.74 Å². The molecule has 1 saturated heterocycles. The molecular weight excluding hydrogens is 241 g/mol. The summed E-state index contributed by atoms with van der Waals surface area (Å²) in [7, 11) is 0. The van der Waals surface area contributed by atoms with Gasteiger partial charge in [0.1, 0.15) is 11.6 Å². The van der Waals surface area contributed by atoms with Crippen molar-refractivity contribution in [1.82, 2.24) is 19.5 Å². The van der Waals surface area contributed by atoms with Gasteiger partial charge in [-0.15, -0.1) is 0 Å². The second kappa shape index (κ2) is 4.14. The van der Waals surface area contributed by atoms with Gasteiger partial charge in [-0.25, -0.2) is 4.98 Å². The molecule has 8 heteroatoms. The predicted molar refractivity (Wildman–Crippen MR) is 60.2 cm³/mol. The number of nitrogens with two attached hydrogens (primary N) is 1. The summed E-state index contributed by atoms with van der Waals surface area (Å²) in [5, 5.41) is 9.23. The molecule has 0 aromatic carbocycles. The maximum absolute atomic E-state index is 13.2. The van der Waals surface area contributed by atoms with Gasteiger partial charge in [0, 0.05) is 6.61 Å². The van der Waals surface area contributed by atoms with Crippen LogP contribution in [0.15, 0.2) is 6.33 Å².